The minimum atomic E-state index is -4.42. The van der Waals surface area contributed by atoms with Crippen LogP contribution in [0.15, 0.2) is 0 Å². The number of nitrogens with zero attached hydrogens (tertiary/aromatic N) is 2. The first kappa shape index (κ1) is 14.8. The van der Waals surface area contributed by atoms with Gasteiger partial charge in [-0.2, -0.15) is 17.5 Å². The van der Waals surface area contributed by atoms with Gasteiger partial charge in [0.05, 0.1) is 12.2 Å². The van der Waals surface area contributed by atoms with Gasteiger partial charge in [0, 0.05) is 48.0 Å². The van der Waals surface area contributed by atoms with Crippen molar-refractivity contribution in [3.63, 3.8) is 0 Å². The van der Waals surface area contributed by atoms with Crippen LogP contribution in [0.25, 0.3) is 0 Å². The molecule has 0 aromatic heterocycles. The smallest absolute Gasteiger partial charge is 0.244 e. The quantitative estimate of drug-likeness (QED) is 0.538. The van der Waals surface area contributed by atoms with E-state index in [-0.39, 0.29) is 12.1 Å². The third kappa shape index (κ3) is 3.28. The van der Waals surface area contributed by atoms with Gasteiger partial charge >= 0.3 is 6.18 Å². The van der Waals surface area contributed by atoms with Gasteiger partial charge < -0.3 is 0 Å². The van der Waals surface area contributed by atoms with Gasteiger partial charge in [-0.25, -0.2) is 11.5 Å². The molecule has 0 aromatic carbocycles. The standard InChI is InChI=1S/C9H14F3IN2O2S/c10-9(11,12)3-4-18(16,17)15-7-1-2-8(15)6-14(13)5-7/h7-8H,1-6H2. The molecule has 0 aromatic rings. The van der Waals surface area contributed by atoms with Gasteiger partial charge in [0.25, 0.3) is 0 Å². The molecule has 0 N–H and O–H groups in total. The summed E-state index contributed by atoms with van der Waals surface area (Å²) in [6.07, 6.45) is -4.19. The fraction of sp³-hybridized carbons (Fsp3) is 1.00. The molecule has 2 atom stereocenters. The van der Waals surface area contributed by atoms with E-state index in [1.807, 2.05) is 3.11 Å². The summed E-state index contributed by atoms with van der Waals surface area (Å²) in [6.45, 7) is 1.20. The SMILES string of the molecule is O=S(=O)(CCC(F)(F)F)N1C2CCC1CN(I)C2. The highest BCUT2D eigenvalue weighted by Gasteiger charge is 2.46. The monoisotopic (exact) mass is 398 g/mol. The number of alkyl halides is 3. The zero-order chi connectivity index (χ0) is 13.6. The van der Waals surface area contributed by atoms with Crippen molar-refractivity contribution >= 4 is 32.9 Å². The summed E-state index contributed by atoms with van der Waals surface area (Å²) in [5, 5.41) is 0. The Bertz CT molecular complexity index is 401. The van der Waals surface area contributed by atoms with Crippen molar-refractivity contribution in [1.82, 2.24) is 7.42 Å². The molecular formula is C9H14F3IN2O2S. The van der Waals surface area contributed by atoms with Gasteiger partial charge in [-0.3, -0.25) is 0 Å². The van der Waals surface area contributed by atoms with Crippen LogP contribution in [-0.2, 0) is 10.0 Å². The number of sulfonamides is 1. The molecule has 0 radical (unpaired) electrons. The Morgan fingerprint density at radius 2 is 1.67 bits per heavy atom. The van der Waals surface area contributed by atoms with Gasteiger partial charge in [0.15, 0.2) is 0 Å². The number of piperazine rings is 1. The van der Waals surface area contributed by atoms with Gasteiger partial charge in [0.2, 0.25) is 10.0 Å². The molecule has 2 unspecified atom stereocenters. The Morgan fingerprint density at radius 1 is 1.17 bits per heavy atom. The first-order valence-corrected chi connectivity index (χ1v) is 8.25. The second-order valence-electron chi connectivity index (χ2n) is 4.72. The molecule has 0 spiro atoms. The van der Waals surface area contributed by atoms with Gasteiger partial charge in [-0.1, -0.05) is 0 Å². The van der Waals surface area contributed by atoms with Crippen LogP contribution in [0.1, 0.15) is 19.3 Å². The number of fused-ring (bicyclic) bond motifs is 2. The van der Waals surface area contributed by atoms with E-state index in [0.29, 0.717) is 13.1 Å². The molecule has 2 fully saturated rings. The highest BCUT2D eigenvalue weighted by atomic mass is 127. The lowest BCUT2D eigenvalue weighted by molar-refractivity contribution is -0.130. The maximum atomic E-state index is 12.1. The summed E-state index contributed by atoms with van der Waals surface area (Å²) in [4.78, 5) is 0. The Morgan fingerprint density at radius 3 is 2.11 bits per heavy atom. The van der Waals surface area contributed by atoms with Crippen molar-refractivity contribution in [2.45, 2.75) is 37.5 Å². The van der Waals surface area contributed by atoms with Crippen LogP contribution >= 0.6 is 22.9 Å². The molecule has 106 valence electrons. The maximum absolute atomic E-state index is 12.1. The van der Waals surface area contributed by atoms with Gasteiger partial charge in [0.1, 0.15) is 0 Å². The van der Waals surface area contributed by atoms with E-state index in [1.54, 1.807) is 0 Å². The lowest BCUT2D eigenvalue weighted by Crippen LogP contribution is -2.53. The highest BCUT2D eigenvalue weighted by Crippen LogP contribution is 2.35. The Balaban J connectivity index is 2.07. The largest absolute Gasteiger partial charge is 0.390 e. The van der Waals surface area contributed by atoms with E-state index in [1.165, 1.54) is 4.31 Å². The van der Waals surface area contributed by atoms with Crippen LogP contribution in [0.5, 0.6) is 0 Å². The van der Waals surface area contributed by atoms with Crippen LogP contribution in [0.3, 0.4) is 0 Å². The first-order chi connectivity index (χ1) is 8.19. The number of rotatable bonds is 3. The molecule has 2 bridgehead atoms. The molecule has 2 aliphatic heterocycles. The molecule has 18 heavy (non-hydrogen) atoms. The lowest BCUT2D eigenvalue weighted by atomic mass is 10.2. The van der Waals surface area contributed by atoms with Crippen molar-refractivity contribution in [3.8, 4) is 0 Å². The molecule has 2 rings (SSSR count). The summed E-state index contributed by atoms with van der Waals surface area (Å²) < 4.78 is 63.7. The average Bonchev–Trinajstić information content (AvgIpc) is 2.49. The van der Waals surface area contributed by atoms with Gasteiger partial charge in [-0.05, 0) is 12.8 Å². The maximum Gasteiger partial charge on any atom is 0.390 e. The zero-order valence-corrected chi connectivity index (χ0v) is 12.5. The van der Waals surface area contributed by atoms with E-state index in [0.717, 1.165) is 12.8 Å². The van der Waals surface area contributed by atoms with Crippen LogP contribution in [0.4, 0.5) is 13.2 Å². The molecular weight excluding hydrogens is 384 g/mol. The number of halogens is 4. The molecule has 0 aliphatic carbocycles. The van der Waals surface area contributed by atoms with Crippen molar-refractivity contribution in [2.24, 2.45) is 0 Å². The fourth-order valence-electron chi connectivity index (χ4n) is 2.62. The van der Waals surface area contributed by atoms with Crippen molar-refractivity contribution in [2.75, 3.05) is 18.8 Å². The minimum absolute atomic E-state index is 0.154. The minimum Gasteiger partial charge on any atom is -0.244 e. The van der Waals surface area contributed by atoms with E-state index in [2.05, 4.69) is 22.9 Å². The Labute approximate surface area is 118 Å². The zero-order valence-electron chi connectivity index (χ0n) is 9.53. The van der Waals surface area contributed by atoms with E-state index in [9.17, 15) is 21.6 Å². The summed E-state index contributed by atoms with van der Waals surface area (Å²) in [6, 6.07) is -0.308. The van der Waals surface area contributed by atoms with E-state index in [4.69, 9.17) is 0 Å². The third-order valence-corrected chi connectivity index (χ3v) is 6.08. The topological polar surface area (TPSA) is 40.6 Å². The summed E-state index contributed by atoms with van der Waals surface area (Å²) in [7, 11) is -3.79. The predicted molar refractivity (Wildman–Crippen MR) is 68.7 cm³/mol. The molecule has 9 heteroatoms. The number of hydrogen-bond donors (Lipinski definition) is 0. The van der Waals surface area contributed by atoms with Crippen LogP contribution in [-0.4, -0.2) is 52.9 Å². The summed E-state index contributed by atoms with van der Waals surface area (Å²) in [5.41, 5.74) is 0. The Kier molecular flexibility index (Phi) is 4.16. The van der Waals surface area contributed by atoms with E-state index < -0.39 is 28.4 Å². The van der Waals surface area contributed by atoms with E-state index >= 15 is 0 Å². The summed E-state index contributed by atoms with van der Waals surface area (Å²) >= 11 is 2.13. The van der Waals surface area contributed by atoms with Crippen LogP contribution in [0.2, 0.25) is 0 Å². The normalized spacial score (nSPS) is 30.9. The third-order valence-electron chi connectivity index (χ3n) is 3.34. The molecule has 2 aliphatic rings. The lowest BCUT2D eigenvalue weighted by Gasteiger charge is -2.37. The van der Waals surface area contributed by atoms with Crippen molar-refractivity contribution in [1.29, 1.82) is 0 Å². The molecule has 2 saturated heterocycles. The Hall–Kier alpha value is 0.390. The average molecular weight is 398 g/mol. The van der Waals surface area contributed by atoms with Crippen LogP contribution in [0, 0.1) is 0 Å². The molecule has 4 nitrogen and oxygen atoms in total. The summed E-state index contributed by atoms with van der Waals surface area (Å²) in [5.74, 6) is -0.829. The first-order valence-electron chi connectivity index (χ1n) is 5.68. The molecule has 0 saturated carbocycles. The fourth-order valence-corrected chi connectivity index (χ4v) is 5.48. The second kappa shape index (κ2) is 5.06. The second-order valence-corrected chi connectivity index (χ2v) is 8.08. The van der Waals surface area contributed by atoms with Crippen LogP contribution < -0.4 is 0 Å². The predicted octanol–water partition coefficient (Wildman–Crippen LogP) is 1.77. The van der Waals surface area contributed by atoms with Crippen molar-refractivity contribution in [3.05, 3.63) is 0 Å². The van der Waals surface area contributed by atoms with Gasteiger partial charge in [-0.15, -0.1) is 0 Å². The highest BCUT2D eigenvalue weighted by molar-refractivity contribution is 14.1. The number of hydrogen-bond acceptors (Lipinski definition) is 3. The molecule has 0 amide bonds. The van der Waals surface area contributed by atoms with Crippen molar-refractivity contribution < 1.29 is 21.6 Å². The molecule has 2 heterocycles.